The van der Waals surface area contributed by atoms with Crippen LogP contribution in [0.25, 0.3) is 0 Å². The van der Waals surface area contributed by atoms with E-state index in [4.69, 9.17) is 4.74 Å². The number of allylic oxidation sites excluding steroid dienone is 2. The summed E-state index contributed by atoms with van der Waals surface area (Å²) in [5.74, 6) is 0.740. The molecule has 0 aliphatic heterocycles. The topological polar surface area (TPSA) is 29.5 Å². The van der Waals surface area contributed by atoms with Gasteiger partial charge >= 0.3 is 0 Å². The van der Waals surface area contributed by atoms with Gasteiger partial charge < -0.3 is 9.84 Å². The molecule has 1 fully saturated rings. The number of hydrogen-bond donors (Lipinski definition) is 1. The molecule has 104 valence electrons. The van der Waals surface area contributed by atoms with Crippen molar-refractivity contribution in [3.05, 3.63) is 24.3 Å². The fourth-order valence-corrected chi connectivity index (χ4v) is 2.63. The first-order valence-corrected chi connectivity index (χ1v) is 6.82. The Kier molecular flexibility index (Phi) is 4.79. The van der Waals surface area contributed by atoms with Crippen molar-refractivity contribution >= 4 is 0 Å². The van der Waals surface area contributed by atoms with E-state index in [0.29, 0.717) is 11.8 Å². The van der Waals surface area contributed by atoms with Crippen LogP contribution in [0.1, 0.15) is 47.0 Å². The van der Waals surface area contributed by atoms with Gasteiger partial charge in [0.15, 0.2) is 0 Å². The second kappa shape index (κ2) is 5.58. The molecule has 0 heterocycles. The zero-order valence-corrected chi connectivity index (χ0v) is 12.5. The third kappa shape index (κ3) is 3.69. The van der Waals surface area contributed by atoms with Gasteiger partial charge in [0.05, 0.1) is 11.2 Å². The van der Waals surface area contributed by atoms with Crippen LogP contribution < -0.4 is 0 Å². The summed E-state index contributed by atoms with van der Waals surface area (Å²) in [7, 11) is 1.72. The van der Waals surface area contributed by atoms with Crippen molar-refractivity contribution in [1.29, 1.82) is 0 Å². The summed E-state index contributed by atoms with van der Waals surface area (Å²) in [4.78, 5) is 0. The van der Waals surface area contributed by atoms with Crippen LogP contribution in [0.3, 0.4) is 0 Å². The van der Waals surface area contributed by atoms with Gasteiger partial charge in [-0.05, 0) is 51.9 Å². The number of methoxy groups -OCH3 is 1. The van der Waals surface area contributed by atoms with Gasteiger partial charge in [0.25, 0.3) is 0 Å². The fourth-order valence-electron chi connectivity index (χ4n) is 2.63. The first-order valence-electron chi connectivity index (χ1n) is 6.82. The van der Waals surface area contributed by atoms with E-state index < -0.39 is 5.60 Å². The molecule has 0 aromatic heterocycles. The highest BCUT2D eigenvalue weighted by atomic mass is 16.5. The standard InChI is InChI=1S/C16H28O2/c1-12(8-7-10-15(3,4)18-6)14-9-11-16(5,17)13(14)2/h7,10,13-14,17H,1,8-9,11H2,2-6H3/b10-7+/t13-,14-,16+/m0/s1. The summed E-state index contributed by atoms with van der Waals surface area (Å²) in [6.07, 6.45) is 7.01. The first kappa shape index (κ1) is 15.5. The zero-order valence-electron chi connectivity index (χ0n) is 12.5. The molecule has 0 radical (unpaired) electrons. The Morgan fingerprint density at radius 2 is 2.17 bits per heavy atom. The highest BCUT2D eigenvalue weighted by molar-refractivity contribution is 5.14. The largest absolute Gasteiger partial charge is 0.390 e. The van der Waals surface area contributed by atoms with Crippen LogP contribution in [-0.4, -0.2) is 23.4 Å². The van der Waals surface area contributed by atoms with Crippen LogP contribution in [0.2, 0.25) is 0 Å². The summed E-state index contributed by atoms with van der Waals surface area (Å²) in [5.41, 5.74) is 0.486. The van der Waals surface area contributed by atoms with E-state index in [1.807, 2.05) is 20.8 Å². The lowest BCUT2D eigenvalue weighted by Crippen LogP contribution is -2.29. The van der Waals surface area contributed by atoms with Crippen molar-refractivity contribution in [2.75, 3.05) is 7.11 Å². The molecule has 0 aromatic rings. The van der Waals surface area contributed by atoms with Crippen LogP contribution in [0.4, 0.5) is 0 Å². The average Bonchev–Trinajstić information content (AvgIpc) is 2.54. The van der Waals surface area contributed by atoms with Crippen molar-refractivity contribution in [3.8, 4) is 0 Å². The third-order valence-corrected chi connectivity index (χ3v) is 4.50. The van der Waals surface area contributed by atoms with Gasteiger partial charge in [-0.25, -0.2) is 0 Å². The van der Waals surface area contributed by atoms with Crippen molar-refractivity contribution in [2.45, 2.75) is 58.2 Å². The van der Waals surface area contributed by atoms with E-state index in [1.165, 1.54) is 5.57 Å². The number of rotatable bonds is 5. The molecular formula is C16H28O2. The molecule has 18 heavy (non-hydrogen) atoms. The summed E-state index contributed by atoms with van der Waals surface area (Å²) in [5, 5.41) is 10.2. The minimum absolute atomic E-state index is 0.215. The van der Waals surface area contributed by atoms with E-state index in [9.17, 15) is 5.11 Å². The Hall–Kier alpha value is -0.600. The summed E-state index contributed by atoms with van der Waals surface area (Å²) in [6, 6.07) is 0. The predicted octanol–water partition coefficient (Wildman–Crippen LogP) is 3.71. The van der Waals surface area contributed by atoms with E-state index in [-0.39, 0.29) is 5.60 Å². The van der Waals surface area contributed by atoms with Crippen LogP contribution in [0.15, 0.2) is 24.3 Å². The Morgan fingerprint density at radius 1 is 1.56 bits per heavy atom. The molecule has 1 saturated carbocycles. The molecule has 0 spiro atoms. The molecule has 0 unspecified atom stereocenters. The SMILES string of the molecule is C=C(C/C=C/C(C)(C)OC)[C@@H]1CC[C@@](C)(O)[C@H]1C. The molecule has 1 rings (SSSR count). The predicted molar refractivity (Wildman–Crippen MR) is 76.5 cm³/mol. The number of aliphatic hydroxyl groups is 1. The summed E-state index contributed by atoms with van der Waals surface area (Å²) < 4.78 is 5.34. The molecule has 3 atom stereocenters. The average molecular weight is 252 g/mol. The van der Waals surface area contributed by atoms with Gasteiger partial charge in [-0.15, -0.1) is 0 Å². The Morgan fingerprint density at radius 3 is 2.61 bits per heavy atom. The lowest BCUT2D eigenvalue weighted by Gasteiger charge is -2.26. The fraction of sp³-hybridized carbons (Fsp3) is 0.750. The van der Waals surface area contributed by atoms with E-state index in [2.05, 4.69) is 25.7 Å². The minimum Gasteiger partial charge on any atom is -0.390 e. The monoisotopic (exact) mass is 252 g/mol. The quantitative estimate of drug-likeness (QED) is 0.756. The smallest absolute Gasteiger partial charge is 0.0802 e. The zero-order chi connectivity index (χ0) is 14.0. The van der Waals surface area contributed by atoms with E-state index in [0.717, 1.165) is 19.3 Å². The summed E-state index contributed by atoms with van der Waals surface area (Å²) in [6.45, 7) is 12.3. The molecule has 0 amide bonds. The number of hydrogen-bond acceptors (Lipinski definition) is 2. The minimum atomic E-state index is -0.525. The highest BCUT2D eigenvalue weighted by Crippen LogP contribution is 2.43. The van der Waals surface area contributed by atoms with Gasteiger partial charge in [0, 0.05) is 7.11 Å². The molecule has 1 aliphatic carbocycles. The van der Waals surface area contributed by atoms with Gasteiger partial charge in [-0.2, -0.15) is 0 Å². The molecular weight excluding hydrogens is 224 g/mol. The van der Waals surface area contributed by atoms with Gasteiger partial charge in [-0.1, -0.05) is 31.2 Å². The number of ether oxygens (including phenoxy) is 1. The van der Waals surface area contributed by atoms with Gasteiger partial charge in [-0.3, -0.25) is 0 Å². The second-order valence-electron chi connectivity index (χ2n) is 6.36. The Bertz CT molecular complexity index is 326. The molecule has 0 aromatic carbocycles. The second-order valence-corrected chi connectivity index (χ2v) is 6.36. The lowest BCUT2D eigenvalue weighted by molar-refractivity contribution is 0.0215. The maximum Gasteiger partial charge on any atom is 0.0802 e. The molecule has 0 saturated heterocycles. The molecule has 2 nitrogen and oxygen atoms in total. The summed E-state index contributed by atoms with van der Waals surface area (Å²) >= 11 is 0. The van der Waals surface area contributed by atoms with Gasteiger partial charge in [0.2, 0.25) is 0 Å². The van der Waals surface area contributed by atoms with Crippen LogP contribution in [0, 0.1) is 11.8 Å². The highest BCUT2D eigenvalue weighted by Gasteiger charge is 2.41. The lowest BCUT2D eigenvalue weighted by atomic mass is 9.84. The molecule has 1 N–H and O–H groups in total. The van der Waals surface area contributed by atoms with Crippen LogP contribution in [-0.2, 0) is 4.74 Å². The molecule has 0 bridgehead atoms. The van der Waals surface area contributed by atoms with Crippen LogP contribution in [0.5, 0.6) is 0 Å². The van der Waals surface area contributed by atoms with Gasteiger partial charge in [0.1, 0.15) is 0 Å². The maximum atomic E-state index is 10.2. The van der Waals surface area contributed by atoms with E-state index >= 15 is 0 Å². The van der Waals surface area contributed by atoms with Crippen molar-refractivity contribution in [2.24, 2.45) is 11.8 Å². The van der Waals surface area contributed by atoms with Crippen molar-refractivity contribution < 1.29 is 9.84 Å². The molecule has 2 heteroatoms. The van der Waals surface area contributed by atoms with Crippen molar-refractivity contribution in [3.63, 3.8) is 0 Å². The Balaban J connectivity index is 2.53. The van der Waals surface area contributed by atoms with Crippen molar-refractivity contribution in [1.82, 2.24) is 0 Å². The maximum absolute atomic E-state index is 10.2. The molecule has 1 aliphatic rings. The first-order chi connectivity index (χ1) is 8.19. The Labute approximate surface area is 112 Å². The van der Waals surface area contributed by atoms with Crippen LogP contribution >= 0.6 is 0 Å². The normalized spacial score (nSPS) is 33.2. The third-order valence-electron chi connectivity index (χ3n) is 4.50. The van der Waals surface area contributed by atoms with E-state index in [1.54, 1.807) is 7.11 Å².